The fourth-order valence-electron chi connectivity index (χ4n) is 3.70. The minimum absolute atomic E-state index is 0.0329. The van der Waals surface area contributed by atoms with Gasteiger partial charge < -0.3 is 4.42 Å². The summed E-state index contributed by atoms with van der Waals surface area (Å²) in [6.45, 7) is 2.30. The number of carbonyl (C=O) groups excluding carboxylic acids is 1. The Hall–Kier alpha value is -3.15. The summed E-state index contributed by atoms with van der Waals surface area (Å²) in [5.41, 5.74) is 2.82. The molecule has 0 saturated heterocycles. The molecule has 0 radical (unpaired) electrons. The average Bonchev–Trinajstić information content (AvgIpc) is 3.41. The van der Waals surface area contributed by atoms with E-state index in [1.165, 1.54) is 11.3 Å². The lowest BCUT2D eigenvalue weighted by molar-refractivity contribution is -0.118. The number of rotatable bonds is 5. The van der Waals surface area contributed by atoms with Crippen LogP contribution >= 0.6 is 22.9 Å². The van der Waals surface area contributed by atoms with Gasteiger partial charge in [0.2, 0.25) is 5.91 Å². The Balaban J connectivity index is 1.50. The van der Waals surface area contributed by atoms with Gasteiger partial charge in [-0.05, 0) is 53.1 Å². The fourth-order valence-corrected chi connectivity index (χ4v) is 5.13. The molecule has 4 nitrogen and oxygen atoms in total. The molecule has 5 aromatic rings. The van der Waals surface area contributed by atoms with E-state index >= 15 is 0 Å². The highest BCUT2D eigenvalue weighted by Gasteiger charge is 2.22. The van der Waals surface area contributed by atoms with Gasteiger partial charge in [0.1, 0.15) is 5.76 Å². The molecule has 3 aromatic carbocycles. The van der Waals surface area contributed by atoms with Crippen LogP contribution in [0.25, 0.3) is 21.0 Å². The predicted octanol–water partition coefficient (Wildman–Crippen LogP) is 6.78. The van der Waals surface area contributed by atoms with Crippen molar-refractivity contribution in [1.82, 2.24) is 4.98 Å². The summed E-state index contributed by atoms with van der Waals surface area (Å²) in [6, 6.07) is 21.8. The number of hydrogen-bond donors (Lipinski definition) is 0. The molecule has 0 bridgehead atoms. The Morgan fingerprint density at radius 2 is 1.90 bits per heavy atom. The molecule has 154 valence electrons. The Kier molecular flexibility index (Phi) is 5.22. The van der Waals surface area contributed by atoms with Crippen LogP contribution in [-0.4, -0.2) is 10.9 Å². The number of carbonyl (C=O) groups is 1. The first-order valence-corrected chi connectivity index (χ1v) is 11.1. The van der Waals surface area contributed by atoms with Crippen molar-refractivity contribution in [3.63, 3.8) is 0 Å². The lowest BCUT2D eigenvalue weighted by Gasteiger charge is -2.19. The van der Waals surface area contributed by atoms with E-state index in [0.717, 1.165) is 32.1 Å². The van der Waals surface area contributed by atoms with E-state index in [1.807, 2.05) is 49.4 Å². The molecule has 31 heavy (non-hydrogen) atoms. The standard InChI is InChI=1S/C25H19ClN2O2S/c1-16-11-20(26)14-22-24(16)27-25(31-22)28(15-21-7-4-10-30-21)23(29)13-17-8-9-18-5-2-3-6-19(18)12-17/h2-12,14H,13,15H2,1H3. The summed E-state index contributed by atoms with van der Waals surface area (Å²) in [5.74, 6) is 0.676. The van der Waals surface area contributed by atoms with Crippen LogP contribution in [0.4, 0.5) is 5.13 Å². The van der Waals surface area contributed by atoms with Crippen LogP contribution in [-0.2, 0) is 17.8 Å². The van der Waals surface area contributed by atoms with Gasteiger partial charge in [0.25, 0.3) is 0 Å². The minimum Gasteiger partial charge on any atom is -0.467 e. The smallest absolute Gasteiger partial charge is 0.233 e. The first kappa shape index (κ1) is 19.8. The Morgan fingerprint density at radius 1 is 1.06 bits per heavy atom. The number of hydrogen-bond acceptors (Lipinski definition) is 4. The van der Waals surface area contributed by atoms with Gasteiger partial charge in [0.15, 0.2) is 5.13 Å². The van der Waals surface area contributed by atoms with Crippen molar-refractivity contribution in [3.05, 3.63) is 94.9 Å². The lowest BCUT2D eigenvalue weighted by Crippen LogP contribution is -2.31. The minimum atomic E-state index is -0.0329. The average molecular weight is 447 g/mol. The van der Waals surface area contributed by atoms with Gasteiger partial charge in [0.05, 0.1) is 29.4 Å². The number of aromatic nitrogens is 1. The molecule has 2 aromatic heterocycles. The van der Waals surface area contributed by atoms with Crippen LogP contribution in [0.5, 0.6) is 0 Å². The molecule has 5 rings (SSSR count). The number of halogens is 1. The van der Waals surface area contributed by atoms with Crippen molar-refractivity contribution in [2.75, 3.05) is 4.90 Å². The summed E-state index contributed by atoms with van der Waals surface area (Å²) < 4.78 is 6.48. The number of amides is 1. The molecule has 0 aliphatic carbocycles. The fraction of sp³-hybridized carbons (Fsp3) is 0.120. The molecule has 0 atom stereocenters. The van der Waals surface area contributed by atoms with Crippen molar-refractivity contribution < 1.29 is 9.21 Å². The Bertz CT molecular complexity index is 1390. The van der Waals surface area contributed by atoms with Gasteiger partial charge in [-0.2, -0.15) is 0 Å². The number of thiazole rings is 1. The molecular formula is C25H19ClN2O2S. The van der Waals surface area contributed by atoms with E-state index in [2.05, 4.69) is 24.3 Å². The second kappa shape index (κ2) is 8.17. The lowest BCUT2D eigenvalue weighted by atomic mass is 10.0. The molecule has 0 aliphatic rings. The van der Waals surface area contributed by atoms with Crippen molar-refractivity contribution in [3.8, 4) is 0 Å². The highest BCUT2D eigenvalue weighted by Crippen LogP contribution is 2.34. The van der Waals surface area contributed by atoms with E-state index < -0.39 is 0 Å². The molecule has 0 saturated carbocycles. The van der Waals surface area contributed by atoms with E-state index in [-0.39, 0.29) is 12.3 Å². The maximum atomic E-state index is 13.4. The quantitative estimate of drug-likeness (QED) is 0.299. The zero-order valence-corrected chi connectivity index (χ0v) is 18.4. The molecule has 1 amide bonds. The third-order valence-corrected chi connectivity index (χ3v) is 6.48. The van der Waals surface area contributed by atoms with E-state index in [4.69, 9.17) is 21.0 Å². The summed E-state index contributed by atoms with van der Waals surface area (Å²) in [7, 11) is 0. The van der Waals surface area contributed by atoms with Crippen LogP contribution < -0.4 is 4.90 Å². The first-order valence-electron chi connectivity index (χ1n) is 9.94. The van der Waals surface area contributed by atoms with Gasteiger partial charge in [-0.1, -0.05) is 65.4 Å². The SMILES string of the molecule is Cc1cc(Cl)cc2sc(N(Cc3ccco3)C(=O)Cc3ccc4ccccc4c3)nc12. The second-order valence-corrected chi connectivity index (χ2v) is 8.93. The number of nitrogens with zero attached hydrogens (tertiary/aromatic N) is 2. The zero-order valence-electron chi connectivity index (χ0n) is 16.8. The van der Waals surface area contributed by atoms with E-state index in [0.29, 0.717) is 22.5 Å². The summed E-state index contributed by atoms with van der Waals surface area (Å²) in [6.07, 6.45) is 1.89. The highest BCUT2D eigenvalue weighted by atomic mass is 35.5. The molecule has 0 unspecified atom stereocenters. The number of anilines is 1. The number of furan rings is 1. The van der Waals surface area contributed by atoms with Crippen molar-refractivity contribution in [2.24, 2.45) is 0 Å². The summed E-state index contributed by atoms with van der Waals surface area (Å²) in [5, 5.41) is 3.59. The van der Waals surface area contributed by atoms with E-state index in [1.54, 1.807) is 11.2 Å². The van der Waals surface area contributed by atoms with Gasteiger partial charge in [-0.25, -0.2) is 4.98 Å². The molecule has 0 aliphatic heterocycles. The van der Waals surface area contributed by atoms with Crippen molar-refractivity contribution in [2.45, 2.75) is 19.9 Å². The maximum Gasteiger partial charge on any atom is 0.233 e. The first-order chi connectivity index (χ1) is 15.1. The van der Waals surface area contributed by atoms with Crippen molar-refractivity contribution in [1.29, 1.82) is 0 Å². The topological polar surface area (TPSA) is 46.3 Å². The van der Waals surface area contributed by atoms with Gasteiger partial charge >= 0.3 is 0 Å². The zero-order chi connectivity index (χ0) is 21.4. The second-order valence-electron chi connectivity index (χ2n) is 7.48. The van der Waals surface area contributed by atoms with Crippen LogP contribution in [0.2, 0.25) is 5.02 Å². The predicted molar refractivity (Wildman–Crippen MR) is 127 cm³/mol. The van der Waals surface area contributed by atoms with Gasteiger partial charge in [-0.15, -0.1) is 0 Å². The molecule has 0 fully saturated rings. The van der Waals surface area contributed by atoms with Crippen LogP contribution in [0.15, 0.2) is 77.4 Å². The third-order valence-electron chi connectivity index (χ3n) is 5.23. The summed E-state index contributed by atoms with van der Waals surface area (Å²) in [4.78, 5) is 19.9. The largest absolute Gasteiger partial charge is 0.467 e. The monoisotopic (exact) mass is 446 g/mol. The highest BCUT2D eigenvalue weighted by molar-refractivity contribution is 7.22. The molecular weight excluding hydrogens is 428 g/mol. The van der Waals surface area contributed by atoms with Crippen LogP contribution in [0.3, 0.4) is 0 Å². The molecule has 0 N–H and O–H groups in total. The van der Waals surface area contributed by atoms with E-state index in [9.17, 15) is 4.79 Å². The molecule has 6 heteroatoms. The Morgan fingerprint density at radius 3 is 2.71 bits per heavy atom. The number of fused-ring (bicyclic) bond motifs is 2. The number of aryl methyl sites for hydroxylation is 1. The third kappa shape index (κ3) is 4.07. The van der Waals surface area contributed by atoms with Gasteiger partial charge in [-0.3, -0.25) is 9.69 Å². The van der Waals surface area contributed by atoms with Crippen LogP contribution in [0.1, 0.15) is 16.9 Å². The normalized spacial score (nSPS) is 11.3. The van der Waals surface area contributed by atoms with Crippen LogP contribution in [0, 0.1) is 6.92 Å². The Labute approximate surface area is 188 Å². The maximum absolute atomic E-state index is 13.4. The summed E-state index contributed by atoms with van der Waals surface area (Å²) >= 11 is 7.69. The van der Waals surface area contributed by atoms with Gasteiger partial charge in [0, 0.05) is 5.02 Å². The molecule has 2 heterocycles. The molecule has 0 spiro atoms. The van der Waals surface area contributed by atoms with Crippen molar-refractivity contribution >= 4 is 55.0 Å². The number of benzene rings is 3.